The molecule has 0 N–H and O–H groups in total. The zero-order valence-corrected chi connectivity index (χ0v) is 21.0. The summed E-state index contributed by atoms with van der Waals surface area (Å²) in [4.78, 5) is 30.6. The number of ether oxygens (including phenoxy) is 2. The molecule has 3 aromatic rings. The van der Waals surface area contributed by atoms with E-state index in [0.717, 1.165) is 12.0 Å². The minimum absolute atomic E-state index is 0.0123. The molecule has 2 amide bonds. The Balaban J connectivity index is 1.77. The molecule has 1 unspecified atom stereocenters. The molecule has 0 saturated heterocycles. The molecule has 0 aliphatic rings. The Labute approximate surface area is 204 Å². The maximum atomic E-state index is 13.5. The molecule has 8 heteroatoms. The van der Waals surface area contributed by atoms with Crippen LogP contribution >= 0.6 is 11.3 Å². The second kappa shape index (κ2) is 12.3. The van der Waals surface area contributed by atoms with Crippen LogP contribution in [0, 0.1) is 0 Å². The van der Waals surface area contributed by atoms with Crippen LogP contribution in [-0.2, 0) is 17.8 Å². The lowest BCUT2D eigenvalue weighted by atomic mass is 10.1. The molecule has 182 valence electrons. The summed E-state index contributed by atoms with van der Waals surface area (Å²) in [5.74, 6) is 1.76. The van der Waals surface area contributed by atoms with Gasteiger partial charge in [0.25, 0.3) is 5.91 Å². The number of thiophene rings is 1. The number of amides is 2. The van der Waals surface area contributed by atoms with Gasteiger partial charge >= 0.3 is 0 Å². The lowest BCUT2D eigenvalue weighted by Crippen LogP contribution is -2.46. The van der Waals surface area contributed by atoms with Gasteiger partial charge in [-0.25, -0.2) is 0 Å². The van der Waals surface area contributed by atoms with Gasteiger partial charge in [0.15, 0.2) is 11.5 Å². The predicted molar refractivity (Wildman–Crippen MR) is 132 cm³/mol. The molecule has 0 aliphatic carbocycles. The van der Waals surface area contributed by atoms with Crippen LogP contribution < -0.4 is 9.47 Å². The minimum Gasteiger partial charge on any atom is -0.493 e. The topological polar surface area (TPSA) is 72.2 Å². The van der Waals surface area contributed by atoms with Gasteiger partial charge < -0.3 is 23.7 Å². The number of nitrogens with zero attached hydrogens (tertiary/aromatic N) is 2. The normalized spacial score (nSPS) is 11.6. The van der Waals surface area contributed by atoms with E-state index in [2.05, 4.69) is 0 Å². The molecule has 7 nitrogen and oxygen atoms in total. The average molecular weight is 485 g/mol. The third kappa shape index (κ3) is 6.41. The van der Waals surface area contributed by atoms with Gasteiger partial charge in [-0.1, -0.05) is 19.1 Å². The molecule has 2 heterocycles. The van der Waals surface area contributed by atoms with Gasteiger partial charge in [0, 0.05) is 12.6 Å². The maximum Gasteiger partial charge on any atom is 0.264 e. The second-order valence-corrected chi connectivity index (χ2v) is 8.95. The van der Waals surface area contributed by atoms with Crippen LogP contribution in [-0.4, -0.2) is 55.0 Å². The lowest BCUT2D eigenvalue weighted by Gasteiger charge is -2.31. The number of carbonyl (C=O) groups excluding carboxylic acids is 2. The van der Waals surface area contributed by atoms with Crippen LogP contribution in [0.2, 0.25) is 0 Å². The molecule has 1 atom stereocenters. The van der Waals surface area contributed by atoms with Crippen LogP contribution in [0.25, 0.3) is 0 Å². The fourth-order valence-corrected chi connectivity index (χ4v) is 4.30. The van der Waals surface area contributed by atoms with E-state index in [-0.39, 0.29) is 24.4 Å². The van der Waals surface area contributed by atoms with E-state index in [0.29, 0.717) is 41.6 Å². The molecular formula is C26H32N2O5S. The summed E-state index contributed by atoms with van der Waals surface area (Å²) in [5, 5.41) is 1.87. The number of rotatable bonds is 12. The Morgan fingerprint density at radius 3 is 2.50 bits per heavy atom. The Morgan fingerprint density at radius 1 is 1.09 bits per heavy atom. The first-order valence-electron chi connectivity index (χ1n) is 11.3. The molecule has 2 aromatic heterocycles. The fourth-order valence-electron chi connectivity index (χ4n) is 3.62. The van der Waals surface area contributed by atoms with Crippen LogP contribution in [0.1, 0.15) is 41.3 Å². The summed E-state index contributed by atoms with van der Waals surface area (Å²) >= 11 is 1.39. The highest BCUT2D eigenvalue weighted by atomic mass is 32.1. The van der Waals surface area contributed by atoms with Crippen molar-refractivity contribution in [2.24, 2.45) is 0 Å². The highest BCUT2D eigenvalue weighted by Gasteiger charge is 2.26. The monoisotopic (exact) mass is 484 g/mol. The summed E-state index contributed by atoms with van der Waals surface area (Å²) < 4.78 is 16.2. The highest BCUT2D eigenvalue weighted by Crippen LogP contribution is 2.28. The second-order valence-electron chi connectivity index (χ2n) is 8.00. The first-order chi connectivity index (χ1) is 16.5. The van der Waals surface area contributed by atoms with Gasteiger partial charge in [0.05, 0.1) is 31.9 Å². The minimum atomic E-state index is -0.123. The lowest BCUT2D eigenvalue weighted by molar-refractivity contribution is -0.133. The van der Waals surface area contributed by atoms with E-state index in [4.69, 9.17) is 13.9 Å². The van der Waals surface area contributed by atoms with E-state index in [9.17, 15) is 9.59 Å². The fraction of sp³-hybridized carbons (Fsp3) is 0.385. The molecule has 3 rings (SSSR count). The van der Waals surface area contributed by atoms with E-state index >= 15 is 0 Å². The Kier molecular flexibility index (Phi) is 9.16. The van der Waals surface area contributed by atoms with Crippen molar-refractivity contribution in [1.29, 1.82) is 0 Å². The third-order valence-corrected chi connectivity index (χ3v) is 6.68. The number of benzene rings is 1. The van der Waals surface area contributed by atoms with Gasteiger partial charge in [0.2, 0.25) is 5.91 Å². The first-order valence-corrected chi connectivity index (χ1v) is 12.2. The van der Waals surface area contributed by atoms with Gasteiger partial charge in [0.1, 0.15) is 12.3 Å². The summed E-state index contributed by atoms with van der Waals surface area (Å²) in [6, 6.07) is 13.0. The quantitative estimate of drug-likeness (QED) is 0.367. The molecule has 0 bridgehead atoms. The largest absolute Gasteiger partial charge is 0.493 e. The van der Waals surface area contributed by atoms with Gasteiger partial charge in [-0.3, -0.25) is 9.59 Å². The Bertz CT molecular complexity index is 1050. The van der Waals surface area contributed by atoms with E-state index in [1.807, 2.05) is 49.6 Å². The van der Waals surface area contributed by atoms with Crippen LogP contribution in [0.5, 0.6) is 11.5 Å². The molecular weight excluding hydrogens is 452 g/mol. The van der Waals surface area contributed by atoms with E-state index in [1.165, 1.54) is 11.3 Å². The summed E-state index contributed by atoms with van der Waals surface area (Å²) in [6.45, 7) is 4.80. The zero-order valence-electron chi connectivity index (χ0n) is 20.2. The predicted octanol–water partition coefficient (Wildman–Crippen LogP) is 4.87. The van der Waals surface area contributed by atoms with Crippen LogP contribution in [0.4, 0.5) is 0 Å². The average Bonchev–Trinajstić information content (AvgIpc) is 3.58. The summed E-state index contributed by atoms with van der Waals surface area (Å²) in [7, 11) is 3.20. The molecule has 0 aliphatic heterocycles. The Morgan fingerprint density at radius 2 is 1.88 bits per heavy atom. The zero-order chi connectivity index (χ0) is 24.5. The van der Waals surface area contributed by atoms with E-state index in [1.54, 1.807) is 42.4 Å². The number of hydrogen-bond acceptors (Lipinski definition) is 6. The van der Waals surface area contributed by atoms with Crippen molar-refractivity contribution in [3.8, 4) is 11.5 Å². The molecule has 34 heavy (non-hydrogen) atoms. The Hall–Kier alpha value is -3.26. The van der Waals surface area contributed by atoms with Crippen molar-refractivity contribution in [3.63, 3.8) is 0 Å². The molecule has 1 aromatic carbocycles. The number of hydrogen-bond donors (Lipinski definition) is 0. The smallest absolute Gasteiger partial charge is 0.264 e. The molecule has 0 spiro atoms. The highest BCUT2D eigenvalue weighted by molar-refractivity contribution is 7.12. The molecule has 0 fully saturated rings. The van der Waals surface area contributed by atoms with Gasteiger partial charge in [-0.15, -0.1) is 11.3 Å². The van der Waals surface area contributed by atoms with Gasteiger partial charge in [-0.05, 0) is 61.0 Å². The van der Waals surface area contributed by atoms with Crippen molar-refractivity contribution in [2.45, 2.75) is 39.3 Å². The van der Waals surface area contributed by atoms with Crippen LogP contribution in [0.15, 0.2) is 58.5 Å². The number of methoxy groups -OCH3 is 2. The molecule has 0 saturated carbocycles. The molecule has 0 radical (unpaired) electrons. The maximum absolute atomic E-state index is 13.5. The van der Waals surface area contributed by atoms with Crippen molar-refractivity contribution in [1.82, 2.24) is 9.80 Å². The van der Waals surface area contributed by atoms with Crippen molar-refractivity contribution in [3.05, 3.63) is 70.3 Å². The van der Waals surface area contributed by atoms with Crippen LogP contribution in [0.3, 0.4) is 0 Å². The SMILES string of the molecule is CCC(C)N(CC(=O)N(CCc1ccc(OC)c(OC)c1)Cc1ccco1)C(=O)c1cccs1. The number of carbonyl (C=O) groups is 2. The van der Waals surface area contributed by atoms with Crippen molar-refractivity contribution >= 4 is 23.2 Å². The first kappa shape index (κ1) is 25.4. The van der Waals surface area contributed by atoms with Gasteiger partial charge in [-0.2, -0.15) is 0 Å². The van der Waals surface area contributed by atoms with Crippen molar-refractivity contribution < 1.29 is 23.5 Å². The standard InChI is InChI=1S/C26H32N2O5S/c1-5-19(2)28(26(30)24-9-7-15-34-24)18-25(29)27(17-21-8-6-14-33-21)13-12-20-10-11-22(31-3)23(16-20)32-4/h6-11,14-16,19H,5,12-13,17-18H2,1-4H3. The third-order valence-electron chi connectivity index (χ3n) is 5.82. The van der Waals surface area contributed by atoms with Crippen molar-refractivity contribution in [2.75, 3.05) is 27.3 Å². The number of furan rings is 1. The summed E-state index contributed by atoms with van der Waals surface area (Å²) in [5.41, 5.74) is 1.02. The summed E-state index contributed by atoms with van der Waals surface area (Å²) in [6.07, 6.45) is 2.97. The van der Waals surface area contributed by atoms with E-state index < -0.39 is 0 Å².